The number of amides is 1. The topological polar surface area (TPSA) is 84.3 Å². The molecule has 2 aromatic heterocycles. The van der Waals surface area contributed by atoms with Crippen LogP contribution >= 0.6 is 0 Å². The number of ether oxygens (including phenoxy) is 1. The fourth-order valence-electron chi connectivity index (χ4n) is 5.12. The van der Waals surface area contributed by atoms with Gasteiger partial charge >= 0.3 is 0 Å². The number of aromatic nitrogens is 3. The molecule has 1 aliphatic carbocycles. The van der Waals surface area contributed by atoms with Crippen LogP contribution in [0.1, 0.15) is 35.2 Å². The lowest BCUT2D eigenvalue weighted by molar-refractivity contribution is -0.0521. The van der Waals surface area contributed by atoms with E-state index >= 15 is 0 Å². The minimum absolute atomic E-state index is 0.00950. The van der Waals surface area contributed by atoms with E-state index in [1.54, 1.807) is 36.3 Å². The van der Waals surface area contributed by atoms with E-state index in [0.29, 0.717) is 23.7 Å². The average Bonchev–Trinajstić information content (AvgIpc) is 3.55. The Labute approximate surface area is 220 Å². The van der Waals surface area contributed by atoms with E-state index < -0.39 is 17.9 Å². The molecule has 0 unspecified atom stereocenters. The summed E-state index contributed by atoms with van der Waals surface area (Å²) in [6, 6.07) is 4.71. The predicted molar refractivity (Wildman–Crippen MR) is 140 cm³/mol. The minimum atomic E-state index is -0.969. The molecule has 38 heavy (non-hydrogen) atoms. The van der Waals surface area contributed by atoms with E-state index in [9.17, 15) is 13.6 Å². The maximum Gasteiger partial charge on any atom is 0.254 e. The summed E-state index contributed by atoms with van der Waals surface area (Å²) in [4.78, 5) is 19.1. The largest absolute Gasteiger partial charge is 0.381 e. The van der Waals surface area contributed by atoms with Crippen molar-refractivity contribution in [1.29, 1.82) is 0 Å². The number of hydrogen-bond donors (Lipinski definition) is 2. The van der Waals surface area contributed by atoms with Gasteiger partial charge in [-0.25, -0.2) is 13.5 Å². The highest BCUT2D eigenvalue weighted by Crippen LogP contribution is 2.27. The van der Waals surface area contributed by atoms with Gasteiger partial charge in [0.2, 0.25) is 0 Å². The molecule has 1 aromatic carbocycles. The molecule has 4 heterocycles. The predicted octanol–water partition coefficient (Wildman–Crippen LogP) is 3.74. The lowest BCUT2D eigenvalue weighted by atomic mass is 10.00. The molecule has 2 aliphatic heterocycles. The first-order valence-corrected chi connectivity index (χ1v) is 13.2. The van der Waals surface area contributed by atoms with Gasteiger partial charge in [-0.2, -0.15) is 5.10 Å². The number of carbonyl (C=O) groups excluding carboxylic acids is 1. The van der Waals surface area contributed by atoms with E-state index in [1.165, 1.54) is 6.07 Å². The van der Waals surface area contributed by atoms with Crippen LogP contribution in [-0.2, 0) is 4.74 Å². The maximum atomic E-state index is 15.0. The molecule has 0 radical (unpaired) electrons. The van der Waals surface area contributed by atoms with Crippen molar-refractivity contribution in [2.75, 3.05) is 38.2 Å². The third kappa shape index (κ3) is 5.42. The van der Waals surface area contributed by atoms with Gasteiger partial charge in [0.1, 0.15) is 12.0 Å². The molecule has 1 saturated carbocycles. The standard InChI is InChI=1S/C28H32F2N6O2/c1-17-6-24(29)23(28(37)34-21-2-3-21)8-27(17)36-13-20(10-32-36)19-7-22(11-31-9-19)33-26-4-5-35(14-25(26)30)12-18-15-38-16-18/h6-11,13,18,21,25-26,33H,2-5,12,14-16H2,1H3,(H,34,37)/t25-,26+/m1/s1. The average molecular weight is 523 g/mol. The molecular weight excluding hydrogens is 490 g/mol. The van der Waals surface area contributed by atoms with Crippen LogP contribution in [0.3, 0.4) is 0 Å². The molecule has 8 nitrogen and oxygen atoms in total. The molecule has 0 bridgehead atoms. The number of aryl methyl sites for hydroxylation is 1. The van der Waals surface area contributed by atoms with Crippen molar-refractivity contribution in [3.05, 3.63) is 59.9 Å². The zero-order valence-electron chi connectivity index (χ0n) is 21.4. The number of pyridine rings is 1. The summed E-state index contributed by atoms with van der Waals surface area (Å²) in [6.45, 7) is 5.52. The van der Waals surface area contributed by atoms with Crippen molar-refractivity contribution in [3.8, 4) is 16.8 Å². The number of alkyl halides is 1. The van der Waals surface area contributed by atoms with Crippen molar-refractivity contribution >= 4 is 11.6 Å². The van der Waals surface area contributed by atoms with Gasteiger partial charge in [0.15, 0.2) is 0 Å². The highest BCUT2D eigenvalue weighted by Gasteiger charge is 2.32. The number of nitrogens with zero attached hydrogens (tertiary/aromatic N) is 4. The zero-order valence-corrected chi connectivity index (χ0v) is 21.4. The summed E-state index contributed by atoms with van der Waals surface area (Å²) in [5.41, 5.74) is 3.69. The SMILES string of the molecule is Cc1cc(F)c(C(=O)NC2CC2)cc1-n1cc(-c2cncc(N[C@H]3CCN(CC4COC4)C[C@H]3F)c2)cn1. The number of rotatable bonds is 8. The van der Waals surface area contributed by atoms with E-state index in [2.05, 4.69) is 25.6 Å². The molecule has 2 saturated heterocycles. The van der Waals surface area contributed by atoms with Gasteiger partial charge in [-0.3, -0.25) is 14.7 Å². The van der Waals surface area contributed by atoms with Crippen LogP contribution in [0.15, 0.2) is 43.0 Å². The molecule has 10 heteroatoms. The zero-order chi connectivity index (χ0) is 26.2. The number of anilines is 1. The second kappa shape index (κ2) is 10.4. The summed E-state index contributed by atoms with van der Waals surface area (Å²) in [6.07, 6.45) is 8.57. The fourth-order valence-corrected chi connectivity index (χ4v) is 5.12. The first kappa shape index (κ1) is 24.9. The number of hydrogen-bond acceptors (Lipinski definition) is 6. The molecular formula is C28H32F2N6O2. The highest BCUT2D eigenvalue weighted by molar-refractivity contribution is 5.95. The summed E-state index contributed by atoms with van der Waals surface area (Å²) in [5.74, 6) is -0.428. The second-order valence-corrected chi connectivity index (χ2v) is 10.7. The Kier molecular flexibility index (Phi) is 6.84. The van der Waals surface area contributed by atoms with Gasteiger partial charge in [-0.1, -0.05) is 0 Å². The van der Waals surface area contributed by atoms with Gasteiger partial charge in [0.05, 0.1) is 42.4 Å². The first-order valence-electron chi connectivity index (χ1n) is 13.2. The Morgan fingerprint density at radius 3 is 2.71 bits per heavy atom. The van der Waals surface area contributed by atoms with Crippen molar-refractivity contribution in [1.82, 2.24) is 25.0 Å². The van der Waals surface area contributed by atoms with Crippen LogP contribution in [0.25, 0.3) is 16.8 Å². The second-order valence-electron chi connectivity index (χ2n) is 10.7. The van der Waals surface area contributed by atoms with E-state index in [0.717, 1.165) is 62.4 Å². The molecule has 6 rings (SSSR count). The molecule has 1 amide bonds. The molecule has 200 valence electrons. The Hall–Kier alpha value is -3.37. The quantitative estimate of drug-likeness (QED) is 0.469. The monoisotopic (exact) mass is 522 g/mol. The number of benzene rings is 1. The van der Waals surface area contributed by atoms with Gasteiger partial charge in [-0.05, 0) is 49.9 Å². The molecule has 3 aromatic rings. The maximum absolute atomic E-state index is 15.0. The summed E-state index contributed by atoms with van der Waals surface area (Å²) >= 11 is 0. The van der Waals surface area contributed by atoms with E-state index in [-0.39, 0.29) is 17.6 Å². The summed E-state index contributed by atoms with van der Waals surface area (Å²) in [7, 11) is 0. The van der Waals surface area contributed by atoms with Gasteiger partial charge in [0, 0.05) is 61.3 Å². The van der Waals surface area contributed by atoms with Crippen molar-refractivity contribution in [3.63, 3.8) is 0 Å². The smallest absolute Gasteiger partial charge is 0.254 e. The number of halogens is 2. The molecule has 2 atom stereocenters. The Bertz CT molecular complexity index is 1320. The van der Waals surface area contributed by atoms with Gasteiger partial charge < -0.3 is 15.4 Å². The molecule has 0 spiro atoms. The van der Waals surface area contributed by atoms with Crippen LogP contribution in [-0.4, -0.2) is 76.7 Å². The number of carbonyl (C=O) groups is 1. The Morgan fingerprint density at radius 1 is 1.13 bits per heavy atom. The van der Waals surface area contributed by atoms with Crippen molar-refractivity contribution in [2.24, 2.45) is 5.92 Å². The molecule has 3 fully saturated rings. The summed E-state index contributed by atoms with van der Waals surface area (Å²) in [5, 5.41) is 10.6. The first-order chi connectivity index (χ1) is 18.4. The van der Waals surface area contributed by atoms with E-state index in [1.807, 2.05) is 12.3 Å². The van der Waals surface area contributed by atoms with Crippen LogP contribution in [0.5, 0.6) is 0 Å². The van der Waals surface area contributed by atoms with Crippen molar-refractivity contribution < 1.29 is 18.3 Å². The Balaban J connectivity index is 1.15. The van der Waals surface area contributed by atoms with E-state index in [4.69, 9.17) is 4.74 Å². The van der Waals surface area contributed by atoms with Crippen LogP contribution in [0.4, 0.5) is 14.5 Å². The van der Waals surface area contributed by atoms with Crippen LogP contribution in [0.2, 0.25) is 0 Å². The molecule has 2 N–H and O–H groups in total. The molecule has 3 aliphatic rings. The fraction of sp³-hybridized carbons (Fsp3) is 0.464. The normalized spacial score (nSPS) is 22.2. The van der Waals surface area contributed by atoms with Crippen LogP contribution in [0, 0.1) is 18.7 Å². The highest BCUT2D eigenvalue weighted by atomic mass is 19.1. The van der Waals surface area contributed by atoms with Gasteiger partial charge in [-0.15, -0.1) is 0 Å². The van der Waals surface area contributed by atoms with Gasteiger partial charge in [0.25, 0.3) is 5.91 Å². The summed E-state index contributed by atoms with van der Waals surface area (Å²) < 4.78 is 36.4. The minimum Gasteiger partial charge on any atom is -0.381 e. The number of nitrogens with one attached hydrogen (secondary N) is 2. The number of piperidine rings is 1. The lowest BCUT2D eigenvalue weighted by Crippen LogP contribution is -2.50. The lowest BCUT2D eigenvalue weighted by Gasteiger charge is -2.38. The third-order valence-corrected chi connectivity index (χ3v) is 7.54. The van der Waals surface area contributed by atoms with Crippen molar-refractivity contribution in [2.45, 2.75) is 44.4 Å². The van der Waals surface area contributed by atoms with Crippen LogP contribution < -0.4 is 10.6 Å². The number of likely N-dealkylation sites (tertiary alicyclic amines) is 1. The Morgan fingerprint density at radius 2 is 1.97 bits per heavy atom. The third-order valence-electron chi connectivity index (χ3n) is 7.54.